The summed E-state index contributed by atoms with van der Waals surface area (Å²) >= 11 is 0. The summed E-state index contributed by atoms with van der Waals surface area (Å²) in [6.45, 7) is 1.55. The molecule has 1 saturated heterocycles. The number of nitrogens with one attached hydrogen (secondary N) is 1. The first kappa shape index (κ1) is 21.2. The zero-order valence-corrected chi connectivity index (χ0v) is 17.4. The lowest BCUT2D eigenvalue weighted by Crippen LogP contribution is -2.43. The average Bonchev–Trinajstić information content (AvgIpc) is 2.80. The fraction of sp³-hybridized carbons (Fsp3) is 0.227. The van der Waals surface area contributed by atoms with Gasteiger partial charge in [0, 0.05) is 31.5 Å². The molecule has 0 aromatic carbocycles. The van der Waals surface area contributed by atoms with E-state index in [0.717, 1.165) is 25.1 Å². The predicted octanol–water partition coefficient (Wildman–Crippen LogP) is 1.40. The van der Waals surface area contributed by atoms with Crippen LogP contribution in [0.2, 0.25) is 0 Å². The topological polar surface area (TPSA) is 166 Å². The molecule has 3 aromatic rings. The van der Waals surface area contributed by atoms with Crippen molar-refractivity contribution >= 4 is 28.9 Å². The Bertz CT molecular complexity index is 1150. The third-order valence-corrected chi connectivity index (χ3v) is 5.30. The van der Waals surface area contributed by atoms with Gasteiger partial charge in [0.2, 0.25) is 5.91 Å². The van der Waals surface area contributed by atoms with Crippen molar-refractivity contribution in [3.05, 3.63) is 60.2 Å². The molecule has 1 atom stereocenters. The second-order valence-corrected chi connectivity index (χ2v) is 7.63. The zero-order valence-electron chi connectivity index (χ0n) is 17.4. The number of nitrogen functional groups attached to an aromatic ring is 1. The molecule has 0 radical (unpaired) electrons. The van der Waals surface area contributed by atoms with Crippen LogP contribution in [0.25, 0.3) is 11.4 Å². The summed E-state index contributed by atoms with van der Waals surface area (Å²) < 4.78 is 0. The molecule has 2 amide bonds. The summed E-state index contributed by atoms with van der Waals surface area (Å²) in [5.74, 6) is -1.04. The van der Waals surface area contributed by atoms with Gasteiger partial charge < -0.3 is 27.4 Å². The molecule has 1 aliphatic heterocycles. The van der Waals surface area contributed by atoms with Crippen LogP contribution in [0.4, 0.5) is 17.1 Å². The molecule has 0 aliphatic carbocycles. The van der Waals surface area contributed by atoms with Crippen molar-refractivity contribution in [1.29, 1.82) is 0 Å². The maximum atomic E-state index is 13.1. The van der Waals surface area contributed by atoms with Gasteiger partial charge in [-0.15, -0.1) is 0 Å². The minimum atomic E-state index is -0.573. The Labute approximate surface area is 184 Å². The van der Waals surface area contributed by atoms with Crippen LogP contribution in [-0.2, 0) is 0 Å². The van der Waals surface area contributed by atoms with Crippen LogP contribution in [0.1, 0.15) is 33.7 Å². The highest BCUT2D eigenvalue weighted by Gasteiger charge is 2.21. The molecule has 10 nitrogen and oxygen atoms in total. The van der Waals surface area contributed by atoms with Gasteiger partial charge in [0.1, 0.15) is 0 Å². The van der Waals surface area contributed by atoms with Gasteiger partial charge in [0.15, 0.2) is 5.69 Å². The number of pyridine rings is 3. The van der Waals surface area contributed by atoms with E-state index in [4.69, 9.17) is 17.2 Å². The number of hydrogen-bond acceptors (Lipinski definition) is 8. The Kier molecular flexibility index (Phi) is 5.95. The van der Waals surface area contributed by atoms with E-state index in [9.17, 15) is 9.59 Å². The number of carbonyl (C=O) groups is 2. The van der Waals surface area contributed by atoms with Crippen LogP contribution in [0.15, 0.2) is 48.9 Å². The molecule has 10 heteroatoms. The molecule has 0 unspecified atom stereocenters. The van der Waals surface area contributed by atoms with Gasteiger partial charge in [-0.1, -0.05) is 0 Å². The van der Waals surface area contributed by atoms with Crippen LogP contribution in [0.3, 0.4) is 0 Å². The van der Waals surface area contributed by atoms with Crippen LogP contribution in [0.5, 0.6) is 0 Å². The summed E-state index contributed by atoms with van der Waals surface area (Å²) in [7, 11) is 0. The predicted molar refractivity (Wildman–Crippen MR) is 122 cm³/mol. The van der Waals surface area contributed by atoms with Gasteiger partial charge in [-0.2, -0.15) is 0 Å². The SMILES string of the molecule is NC(=O)c1ccc(-c2ccc(N)c(C(=O)Nc3cnccc3N3CCC[C@H](N)C3)n2)nc1. The molecule has 1 aliphatic rings. The van der Waals surface area contributed by atoms with Gasteiger partial charge in [-0.05, 0) is 43.2 Å². The smallest absolute Gasteiger partial charge is 0.276 e. The summed E-state index contributed by atoms with van der Waals surface area (Å²) in [5.41, 5.74) is 20.3. The lowest BCUT2D eigenvalue weighted by Gasteiger charge is -2.33. The van der Waals surface area contributed by atoms with Gasteiger partial charge in [-0.25, -0.2) is 4.98 Å². The largest absolute Gasteiger partial charge is 0.397 e. The Balaban J connectivity index is 1.59. The van der Waals surface area contributed by atoms with E-state index in [-0.39, 0.29) is 23.0 Å². The Morgan fingerprint density at radius 2 is 1.91 bits per heavy atom. The van der Waals surface area contributed by atoms with Crippen molar-refractivity contribution in [3.8, 4) is 11.4 Å². The number of anilines is 3. The Morgan fingerprint density at radius 3 is 2.62 bits per heavy atom. The van der Waals surface area contributed by atoms with Crippen LogP contribution in [0, 0.1) is 0 Å². The van der Waals surface area contributed by atoms with E-state index in [0.29, 0.717) is 23.6 Å². The maximum Gasteiger partial charge on any atom is 0.276 e. The molecule has 32 heavy (non-hydrogen) atoms. The number of piperidine rings is 1. The molecule has 1 fully saturated rings. The molecule has 3 aromatic heterocycles. The lowest BCUT2D eigenvalue weighted by atomic mass is 10.1. The molecular weight excluding hydrogens is 408 g/mol. The Hall–Kier alpha value is -4.05. The number of aromatic nitrogens is 3. The Morgan fingerprint density at radius 1 is 1.09 bits per heavy atom. The minimum Gasteiger partial charge on any atom is -0.397 e. The lowest BCUT2D eigenvalue weighted by molar-refractivity contribution is 0.0997. The van der Waals surface area contributed by atoms with Crippen molar-refractivity contribution < 1.29 is 9.59 Å². The number of amides is 2. The molecule has 4 rings (SSSR count). The second kappa shape index (κ2) is 8.98. The van der Waals surface area contributed by atoms with Gasteiger partial charge in [-0.3, -0.25) is 19.6 Å². The quantitative estimate of drug-likeness (QED) is 0.469. The van der Waals surface area contributed by atoms with E-state index >= 15 is 0 Å². The summed E-state index contributed by atoms with van der Waals surface area (Å²) in [6.07, 6.45) is 6.60. The molecule has 0 spiro atoms. The van der Waals surface area contributed by atoms with Gasteiger partial charge >= 0.3 is 0 Å². The van der Waals surface area contributed by atoms with Crippen LogP contribution < -0.4 is 27.4 Å². The molecule has 0 saturated carbocycles. The highest BCUT2D eigenvalue weighted by atomic mass is 16.2. The van der Waals surface area contributed by atoms with Crippen molar-refractivity contribution in [2.24, 2.45) is 11.5 Å². The van der Waals surface area contributed by atoms with E-state index in [1.807, 2.05) is 6.07 Å². The monoisotopic (exact) mass is 432 g/mol. The van der Waals surface area contributed by atoms with Crippen molar-refractivity contribution in [3.63, 3.8) is 0 Å². The summed E-state index contributed by atoms with van der Waals surface area (Å²) in [5, 5.41) is 2.87. The molecule has 0 bridgehead atoms. The summed E-state index contributed by atoms with van der Waals surface area (Å²) in [6, 6.07) is 8.35. The van der Waals surface area contributed by atoms with E-state index in [2.05, 4.69) is 25.2 Å². The first-order valence-corrected chi connectivity index (χ1v) is 10.2. The van der Waals surface area contributed by atoms with Crippen molar-refractivity contribution in [2.45, 2.75) is 18.9 Å². The third-order valence-electron chi connectivity index (χ3n) is 5.30. The molecule has 164 valence electrons. The molecule has 4 heterocycles. The number of nitrogens with zero attached hydrogens (tertiary/aromatic N) is 4. The second-order valence-electron chi connectivity index (χ2n) is 7.63. The van der Waals surface area contributed by atoms with Gasteiger partial charge in [0.05, 0.1) is 40.2 Å². The third kappa shape index (κ3) is 4.49. The molecule has 7 N–H and O–H groups in total. The normalized spacial score (nSPS) is 15.9. The van der Waals surface area contributed by atoms with Crippen LogP contribution in [-0.4, -0.2) is 45.9 Å². The van der Waals surface area contributed by atoms with Gasteiger partial charge in [0.25, 0.3) is 5.91 Å². The van der Waals surface area contributed by atoms with E-state index < -0.39 is 11.8 Å². The first-order valence-electron chi connectivity index (χ1n) is 10.2. The maximum absolute atomic E-state index is 13.1. The average molecular weight is 432 g/mol. The fourth-order valence-corrected chi connectivity index (χ4v) is 3.66. The highest BCUT2D eigenvalue weighted by Crippen LogP contribution is 2.28. The number of rotatable bonds is 5. The standard InChI is InChI=1S/C22H24N8O2/c23-14-2-1-9-30(12-14)19-7-8-26-11-18(19)29-22(32)20-15(24)4-6-17(28-20)16-5-3-13(10-27-16)21(25)31/h3-8,10-11,14H,1-2,9,12,23-24H2,(H2,25,31)(H,29,32)/t14-/m0/s1. The molecular formula is C22H24N8O2. The fourth-order valence-electron chi connectivity index (χ4n) is 3.66. The number of primary amides is 1. The summed E-state index contributed by atoms with van der Waals surface area (Å²) in [4.78, 5) is 39.2. The van der Waals surface area contributed by atoms with E-state index in [1.165, 1.54) is 6.20 Å². The number of carbonyl (C=O) groups excluding carboxylic acids is 2. The van der Waals surface area contributed by atoms with Crippen molar-refractivity contribution in [1.82, 2.24) is 15.0 Å². The van der Waals surface area contributed by atoms with E-state index in [1.54, 1.807) is 36.7 Å². The zero-order chi connectivity index (χ0) is 22.7. The highest BCUT2D eigenvalue weighted by molar-refractivity contribution is 6.07. The number of nitrogens with two attached hydrogens (primary N) is 3. The van der Waals surface area contributed by atoms with Crippen LogP contribution >= 0.6 is 0 Å². The first-order chi connectivity index (χ1) is 15.4. The van der Waals surface area contributed by atoms with Crippen molar-refractivity contribution in [2.75, 3.05) is 29.0 Å². The number of hydrogen-bond donors (Lipinski definition) is 4. The minimum absolute atomic E-state index is 0.0634.